The van der Waals surface area contributed by atoms with Crippen LogP contribution in [-0.4, -0.2) is 30.1 Å². The molecule has 1 saturated carbocycles. The molecule has 5 rings (SSSR count). The van der Waals surface area contributed by atoms with Crippen LogP contribution >= 0.6 is 0 Å². The second kappa shape index (κ2) is 6.69. The van der Waals surface area contributed by atoms with Crippen LogP contribution in [0.15, 0.2) is 36.4 Å². The first-order valence-corrected chi connectivity index (χ1v) is 10.4. The second-order valence-corrected chi connectivity index (χ2v) is 8.87. The summed E-state index contributed by atoms with van der Waals surface area (Å²) >= 11 is 0. The van der Waals surface area contributed by atoms with Gasteiger partial charge in [-0.25, -0.2) is 4.39 Å². The van der Waals surface area contributed by atoms with Crippen LogP contribution in [0.3, 0.4) is 0 Å². The molecule has 1 aliphatic carbocycles. The predicted octanol–water partition coefficient (Wildman–Crippen LogP) is 4.20. The van der Waals surface area contributed by atoms with Crippen molar-refractivity contribution in [1.29, 1.82) is 5.26 Å². The highest BCUT2D eigenvalue weighted by molar-refractivity contribution is 5.70. The van der Waals surface area contributed by atoms with Crippen LogP contribution < -0.4 is 5.73 Å². The van der Waals surface area contributed by atoms with Gasteiger partial charge in [0.05, 0.1) is 5.56 Å². The molecule has 2 aromatic carbocycles. The van der Waals surface area contributed by atoms with Crippen molar-refractivity contribution in [3.63, 3.8) is 0 Å². The smallest absolute Gasteiger partial charge is 0.141 e. The summed E-state index contributed by atoms with van der Waals surface area (Å²) in [5.41, 5.74) is 11.3. The molecule has 0 amide bonds. The van der Waals surface area contributed by atoms with Gasteiger partial charge < -0.3 is 5.73 Å². The van der Waals surface area contributed by atoms with Crippen molar-refractivity contribution >= 4 is 0 Å². The van der Waals surface area contributed by atoms with Gasteiger partial charge in [0.2, 0.25) is 0 Å². The number of rotatable bonds is 4. The van der Waals surface area contributed by atoms with E-state index < -0.39 is 5.82 Å². The van der Waals surface area contributed by atoms with Crippen molar-refractivity contribution in [2.45, 2.75) is 56.1 Å². The maximum Gasteiger partial charge on any atom is 0.141 e. The lowest BCUT2D eigenvalue weighted by atomic mass is 9.77. The summed E-state index contributed by atoms with van der Waals surface area (Å²) in [6.07, 6.45) is 5.82. The van der Waals surface area contributed by atoms with Crippen molar-refractivity contribution in [2.24, 2.45) is 11.7 Å². The van der Waals surface area contributed by atoms with Crippen molar-refractivity contribution in [2.75, 3.05) is 7.05 Å². The van der Waals surface area contributed by atoms with Crippen LogP contribution in [0.4, 0.5) is 4.39 Å². The molecular formula is C24H26FN3. The lowest BCUT2D eigenvalue weighted by Crippen LogP contribution is -2.35. The normalized spacial score (nSPS) is 29.2. The lowest BCUT2D eigenvalue weighted by Gasteiger charge is -2.27. The Kier molecular flexibility index (Phi) is 4.26. The van der Waals surface area contributed by atoms with Crippen LogP contribution in [0, 0.1) is 23.1 Å². The summed E-state index contributed by atoms with van der Waals surface area (Å²) in [4.78, 5) is 2.48. The number of hydrogen-bond acceptors (Lipinski definition) is 3. The van der Waals surface area contributed by atoms with E-state index in [1.807, 2.05) is 12.1 Å². The summed E-state index contributed by atoms with van der Waals surface area (Å²) in [5, 5.41) is 9.05. The zero-order chi connectivity index (χ0) is 19.4. The van der Waals surface area contributed by atoms with Crippen LogP contribution in [0.1, 0.15) is 48.3 Å². The fourth-order valence-corrected chi connectivity index (χ4v) is 5.53. The molecule has 2 aliphatic heterocycles. The van der Waals surface area contributed by atoms with Crippen LogP contribution in [0.5, 0.6) is 0 Å². The topological polar surface area (TPSA) is 53.0 Å². The minimum absolute atomic E-state index is 0.104. The first-order valence-electron chi connectivity index (χ1n) is 10.4. The molecule has 28 heavy (non-hydrogen) atoms. The van der Waals surface area contributed by atoms with E-state index in [4.69, 9.17) is 11.0 Å². The summed E-state index contributed by atoms with van der Waals surface area (Å²) in [7, 11) is 2.21. The summed E-state index contributed by atoms with van der Waals surface area (Å²) < 4.78 is 14.3. The van der Waals surface area contributed by atoms with E-state index in [9.17, 15) is 4.39 Å². The van der Waals surface area contributed by atoms with Gasteiger partial charge in [-0.1, -0.05) is 24.3 Å². The van der Waals surface area contributed by atoms with Crippen LogP contribution in [0.2, 0.25) is 0 Å². The van der Waals surface area contributed by atoms with Gasteiger partial charge in [-0.3, -0.25) is 4.90 Å². The number of nitrogens with zero attached hydrogens (tertiary/aromatic N) is 2. The minimum Gasteiger partial charge on any atom is -0.326 e. The SMILES string of the molecule is CN1C2C[C@@H](N)C1CC2c1cccc(-c2ccc(C#N)c(F)c2)c1CC1CC1. The number of benzene rings is 2. The van der Waals surface area contributed by atoms with E-state index in [1.165, 1.54) is 30.0 Å². The molecule has 0 spiro atoms. The lowest BCUT2D eigenvalue weighted by molar-refractivity contribution is 0.303. The minimum atomic E-state index is -0.437. The third kappa shape index (κ3) is 2.85. The largest absolute Gasteiger partial charge is 0.326 e. The molecule has 0 aromatic heterocycles. The van der Waals surface area contributed by atoms with Crippen molar-refractivity contribution in [1.82, 2.24) is 4.90 Å². The number of likely N-dealkylation sites (N-methyl/N-ethyl adjacent to an activating group) is 1. The monoisotopic (exact) mass is 375 g/mol. The Bertz CT molecular complexity index is 959. The number of nitrogens with two attached hydrogens (primary N) is 1. The number of fused-ring (bicyclic) bond motifs is 2. The molecule has 0 radical (unpaired) electrons. The number of nitriles is 1. The fraction of sp³-hybridized carbons (Fsp3) is 0.458. The molecule has 2 heterocycles. The predicted molar refractivity (Wildman–Crippen MR) is 108 cm³/mol. The highest BCUT2D eigenvalue weighted by Gasteiger charge is 2.49. The first kappa shape index (κ1) is 17.8. The molecule has 2 saturated heterocycles. The maximum absolute atomic E-state index is 14.3. The highest BCUT2D eigenvalue weighted by Crippen LogP contribution is 2.48. The molecule has 4 atom stereocenters. The Morgan fingerprint density at radius 3 is 2.61 bits per heavy atom. The molecule has 144 valence electrons. The van der Waals surface area contributed by atoms with Gasteiger partial charge in [0.15, 0.2) is 0 Å². The van der Waals surface area contributed by atoms with Gasteiger partial charge in [-0.05, 0) is 79.5 Å². The molecule has 2 bridgehead atoms. The van der Waals surface area contributed by atoms with Gasteiger partial charge in [0, 0.05) is 24.0 Å². The fourth-order valence-electron chi connectivity index (χ4n) is 5.53. The Hall–Kier alpha value is -2.22. The van der Waals surface area contributed by atoms with E-state index in [2.05, 4.69) is 30.1 Å². The van der Waals surface area contributed by atoms with Crippen LogP contribution in [0.25, 0.3) is 11.1 Å². The molecule has 3 unspecified atom stereocenters. The van der Waals surface area contributed by atoms with E-state index in [1.54, 1.807) is 6.07 Å². The molecular weight excluding hydrogens is 349 g/mol. The standard InChI is InChI=1S/C24H26FN3/c1-28-23-12-22(27)24(28)11-20(23)18-4-2-3-17(19(18)9-14-5-6-14)15-7-8-16(13-26)21(25)10-15/h2-4,7-8,10,14,20,22-24H,5-6,9,11-12,27H2,1H3/t20?,22-,23?,24?/m1/s1. The Labute approximate surface area is 166 Å². The summed E-state index contributed by atoms with van der Waals surface area (Å²) in [6.45, 7) is 0. The van der Waals surface area contributed by atoms with E-state index in [0.717, 1.165) is 36.3 Å². The van der Waals surface area contributed by atoms with E-state index in [0.29, 0.717) is 18.0 Å². The molecule has 3 nitrogen and oxygen atoms in total. The Morgan fingerprint density at radius 2 is 2.00 bits per heavy atom. The first-order chi connectivity index (χ1) is 13.6. The van der Waals surface area contributed by atoms with Gasteiger partial charge in [-0.15, -0.1) is 0 Å². The Balaban J connectivity index is 1.58. The van der Waals surface area contributed by atoms with Gasteiger partial charge in [0.1, 0.15) is 11.9 Å². The highest BCUT2D eigenvalue weighted by atomic mass is 19.1. The summed E-state index contributed by atoms with van der Waals surface area (Å²) in [5.74, 6) is 0.821. The third-order valence-corrected chi connectivity index (χ3v) is 7.22. The quantitative estimate of drug-likeness (QED) is 0.871. The third-order valence-electron chi connectivity index (χ3n) is 7.22. The number of halogens is 1. The molecule has 3 aliphatic rings. The van der Waals surface area contributed by atoms with Crippen LogP contribution in [-0.2, 0) is 6.42 Å². The van der Waals surface area contributed by atoms with Crippen molar-refractivity contribution in [3.05, 3.63) is 58.9 Å². The second-order valence-electron chi connectivity index (χ2n) is 8.87. The van der Waals surface area contributed by atoms with Crippen molar-refractivity contribution < 1.29 is 4.39 Å². The Morgan fingerprint density at radius 1 is 1.18 bits per heavy atom. The average molecular weight is 375 g/mol. The molecule has 3 fully saturated rings. The number of hydrogen-bond donors (Lipinski definition) is 1. The maximum atomic E-state index is 14.3. The molecule has 4 heteroatoms. The van der Waals surface area contributed by atoms with Gasteiger partial charge >= 0.3 is 0 Å². The van der Waals surface area contributed by atoms with Crippen molar-refractivity contribution in [3.8, 4) is 17.2 Å². The molecule has 2 aromatic rings. The average Bonchev–Trinajstić information content (AvgIpc) is 3.40. The van der Waals surface area contributed by atoms with E-state index in [-0.39, 0.29) is 11.6 Å². The van der Waals surface area contributed by atoms with Gasteiger partial charge in [-0.2, -0.15) is 5.26 Å². The molecule has 2 N–H and O–H groups in total. The zero-order valence-electron chi connectivity index (χ0n) is 16.2. The van der Waals surface area contributed by atoms with Gasteiger partial charge in [0.25, 0.3) is 0 Å². The summed E-state index contributed by atoms with van der Waals surface area (Å²) in [6, 6.07) is 14.7. The van der Waals surface area contributed by atoms with E-state index >= 15 is 0 Å². The zero-order valence-corrected chi connectivity index (χ0v) is 16.2.